The van der Waals surface area contributed by atoms with Crippen LogP contribution < -0.4 is 9.62 Å². The SMILES string of the molecule is Cc1c(C(C)NC(=O)c2ccc3c(c2)CCCN3S(C)(=O)=O)oc2ccccc12. The van der Waals surface area contributed by atoms with E-state index in [9.17, 15) is 13.2 Å². The Hall–Kier alpha value is -2.80. The molecule has 0 saturated carbocycles. The van der Waals surface area contributed by atoms with Gasteiger partial charge in [0.1, 0.15) is 11.3 Å². The number of nitrogens with one attached hydrogen (secondary N) is 1. The Balaban J connectivity index is 1.58. The van der Waals surface area contributed by atoms with E-state index in [1.165, 1.54) is 10.6 Å². The van der Waals surface area contributed by atoms with E-state index in [1.807, 2.05) is 38.1 Å². The van der Waals surface area contributed by atoms with Gasteiger partial charge < -0.3 is 9.73 Å². The zero-order valence-corrected chi connectivity index (χ0v) is 17.5. The van der Waals surface area contributed by atoms with Crippen LogP contribution in [0.25, 0.3) is 11.0 Å². The highest BCUT2D eigenvalue weighted by Crippen LogP contribution is 2.31. The maximum Gasteiger partial charge on any atom is 0.251 e. The second kappa shape index (κ2) is 7.22. The number of carbonyl (C=O) groups excluding carboxylic acids is 1. The summed E-state index contributed by atoms with van der Waals surface area (Å²) < 4.78 is 31.4. The third-order valence-electron chi connectivity index (χ3n) is 5.44. The third-order valence-corrected chi connectivity index (χ3v) is 6.62. The normalized spacial score (nSPS) is 15.2. The molecule has 2 aromatic carbocycles. The van der Waals surface area contributed by atoms with Crippen molar-refractivity contribution in [2.45, 2.75) is 32.7 Å². The molecule has 0 saturated heterocycles. The standard InChI is InChI=1S/C22H24N2O4S/c1-14-18-8-4-5-9-20(18)28-21(14)15(2)23-22(25)17-10-11-19-16(13-17)7-6-12-24(19)29(3,26)27/h4-5,8-11,13,15H,6-7,12H2,1-3H3,(H,23,25). The highest BCUT2D eigenvalue weighted by Gasteiger charge is 2.25. The first kappa shape index (κ1) is 19.5. The molecule has 1 N–H and O–H groups in total. The van der Waals surface area contributed by atoms with Gasteiger partial charge in [0.05, 0.1) is 18.0 Å². The summed E-state index contributed by atoms with van der Waals surface area (Å²) in [5, 5.41) is 4.04. The van der Waals surface area contributed by atoms with E-state index in [2.05, 4.69) is 5.32 Å². The number of para-hydroxylation sites is 1. The van der Waals surface area contributed by atoms with Crippen LogP contribution in [-0.4, -0.2) is 27.1 Å². The van der Waals surface area contributed by atoms with Gasteiger partial charge in [-0.1, -0.05) is 18.2 Å². The van der Waals surface area contributed by atoms with Crippen molar-refractivity contribution in [2.24, 2.45) is 0 Å². The summed E-state index contributed by atoms with van der Waals surface area (Å²) in [4.78, 5) is 12.8. The summed E-state index contributed by atoms with van der Waals surface area (Å²) in [7, 11) is -3.32. The first-order valence-electron chi connectivity index (χ1n) is 9.65. The average molecular weight is 413 g/mol. The van der Waals surface area contributed by atoms with Gasteiger partial charge in [-0.15, -0.1) is 0 Å². The Morgan fingerprint density at radius 3 is 2.69 bits per heavy atom. The number of rotatable bonds is 4. The maximum absolute atomic E-state index is 12.8. The first-order valence-corrected chi connectivity index (χ1v) is 11.5. The van der Waals surface area contributed by atoms with Crippen molar-refractivity contribution >= 4 is 32.6 Å². The first-order chi connectivity index (χ1) is 13.8. The van der Waals surface area contributed by atoms with Crippen molar-refractivity contribution in [2.75, 3.05) is 17.1 Å². The number of aryl methyl sites for hydroxylation is 2. The van der Waals surface area contributed by atoms with Crippen LogP contribution in [0.2, 0.25) is 0 Å². The second-order valence-electron chi connectivity index (χ2n) is 7.56. The smallest absolute Gasteiger partial charge is 0.251 e. The van der Waals surface area contributed by atoms with Crippen molar-refractivity contribution in [1.29, 1.82) is 0 Å². The minimum absolute atomic E-state index is 0.211. The number of benzene rings is 2. The van der Waals surface area contributed by atoms with E-state index >= 15 is 0 Å². The van der Waals surface area contributed by atoms with Crippen LogP contribution in [-0.2, 0) is 16.4 Å². The lowest BCUT2D eigenvalue weighted by molar-refractivity contribution is 0.0935. The number of furan rings is 1. The monoisotopic (exact) mass is 412 g/mol. The lowest BCUT2D eigenvalue weighted by Crippen LogP contribution is -2.35. The number of hydrogen-bond acceptors (Lipinski definition) is 4. The summed E-state index contributed by atoms with van der Waals surface area (Å²) in [5.41, 5.74) is 3.87. The van der Waals surface area contributed by atoms with Crippen molar-refractivity contribution in [3.05, 3.63) is 64.9 Å². The zero-order valence-electron chi connectivity index (χ0n) is 16.7. The maximum atomic E-state index is 12.8. The van der Waals surface area contributed by atoms with Crippen LogP contribution in [0.1, 0.15) is 46.6 Å². The number of hydrogen-bond donors (Lipinski definition) is 1. The Kier molecular flexibility index (Phi) is 4.86. The molecule has 0 fully saturated rings. The molecule has 6 nitrogen and oxygen atoms in total. The van der Waals surface area contributed by atoms with Gasteiger partial charge in [-0.25, -0.2) is 8.42 Å². The molecule has 1 atom stereocenters. The molecule has 0 aliphatic carbocycles. The van der Waals surface area contributed by atoms with Gasteiger partial charge in [0.15, 0.2) is 0 Å². The molecule has 3 aromatic rings. The molecule has 4 rings (SSSR count). The lowest BCUT2D eigenvalue weighted by Gasteiger charge is -2.29. The van der Waals surface area contributed by atoms with Gasteiger partial charge in [-0.3, -0.25) is 9.10 Å². The fraction of sp³-hybridized carbons (Fsp3) is 0.318. The molecule has 1 amide bonds. The van der Waals surface area contributed by atoms with Crippen LogP contribution >= 0.6 is 0 Å². The van der Waals surface area contributed by atoms with Gasteiger partial charge in [0, 0.05) is 23.1 Å². The quantitative estimate of drug-likeness (QED) is 0.704. The van der Waals surface area contributed by atoms with E-state index in [1.54, 1.807) is 18.2 Å². The number of nitrogens with zero attached hydrogens (tertiary/aromatic N) is 1. The molecular formula is C22H24N2O4S. The predicted molar refractivity (Wildman–Crippen MR) is 114 cm³/mol. The average Bonchev–Trinajstić information content (AvgIpc) is 3.03. The summed E-state index contributed by atoms with van der Waals surface area (Å²) in [5.74, 6) is 0.525. The van der Waals surface area contributed by atoms with Crippen molar-refractivity contribution in [3.63, 3.8) is 0 Å². The molecule has 2 heterocycles. The minimum atomic E-state index is -3.32. The van der Waals surface area contributed by atoms with Crippen molar-refractivity contribution < 1.29 is 17.6 Å². The van der Waals surface area contributed by atoms with Crippen LogP contribution in [0.4, 0.5) is 5.69 Å². The Bertz CT molecular complexity index is 1200. The highest BCUT2D eigenvalue weighted by atomic mass is 32.2. The van der Waals surface area contributed by atoms with Crippen LogP contribution in [0, 0.1) is 6.92 Å². The second-order valence-corrected chi connectivity index (χ2v) is 9.47. The Morgan fingerprint density at radius 1 is 1.21 bits per heavy atom. The summed E-state index contributed by atoms with van der Waals surface area (Å²) >= 11 is 0. The molecule has 0 spiro atoms. The molecule has 7 heteroatoms. The highest BCUT2D eigenvalue weighted by molar-refractivity contribution is 7.92. The molecule has 1 aliphatic rings. The van der Waals surface area contributed by atoms with Crippen LogP contribution in [0.15, 0.2) is 46.9 Å². The Morgan fingerprint density at radius 2 is 1.97 bits per heavy atom. The van der Waals surface area contributed by atoms with Gasteiger partial charge in [0.25, 0.3) is 5.91 Å². The number of carbonyl (C=O) groups is 1. The number of fused-ring (bicyclic) bond motifs is 2. The fourth-order valence-corrected chi connectivity index (χ4v) is 5.00. The molecule has 0 radical (unpaired) electrons. The Labute approximate surface area is 170 Å². The molecule has 29 heavy (non-hydrogen) atoms. The molecule has 1 unspecified atom stereocenters. The summed E-state index contributed by atoms with van der Waals surface area (Å²) in [6.45, 7) is 4.36. The molecule has 1 aliphatic heterocycles. The van der Waals surface area contributed by atoms with Crippen LogP contribution in [0.5, 0.6) is 0 Å². The molecule has 152 valence electrons. The topological polar surface area (TPSA) is 79.6 Å². The van der Waals surface area contributed by atoms with Gasteiger partial charge in [-0.05, 0) is 56.5 Å². The number of sulfonamides is 1. The van der Waals surface area contributed by atoms with Gasteiger partial charge in [0.2, 0.25) is 10.0 Å². The van der Waals surface area contributed by atoms with E-state index < -0.39 is 10.0 Å². The van der Waals surface area contributed by atoms with Crippen molar-refractivity contribution in [3.8, 4) is 0 Å². The largest absolute Gasteiger partial charge is 0.459 e. The van der Waals surface area contributed by atoms with Crippen LogP contribution in [0.3, 0.4) is 0 Å². The minimum Gasteiger partial charge on any atom is -0.459 e. The van der Waals surface area contributed by atoms with Gasteiger partial charge in [-0.2, -0.15) is 0 Å². The third kappa shape index (κ3) is 3.62. The number of anilines is 1. The van der Waals surface area contributed by atoms with E-state index in [0.29, 0.717) is 17.8 Å². The summed E-state index contributed by atoms with van der Waals surface area (Å²) in [6.07, 6.45) is 2.69. The van der Waals surface area contributed by atoms with Crippen molar-refractivity contribution in [1.82, 2.24) is 5.32 Å². The molecular weight excluding hydrogens is 388 g/mol. The summed E-state index contributed by atoms with van der Waals surface area (Å²) in [6, 6.07) is 12.7. The van der Waals surface area contributed by atoms with E-state index in [-0.39, 0.29) is 11.9 Å². The lowest BCUT2D eigenvalue weighted by atomic mass is 10.00. The van der Waals surface area contributed by atoms with E-state index in [0.717, 1.165) is 40.7 Å². The van der Waals surface area contributed by atoms with Gasteiger partial charge >= 0.3 is 0 Å². The predicted octanol–water partition coefficient (Wildman–Crippen LogP) is 3.94. The number of amides is 1. The van der Waals surface area contributed by atoms with E-state index in [4.69, 9.17) is 4.42 Å². The molecule has 0 bridgehead atoms. The zero-order chi connectivity index (χ0) is 20.8. The molecule has 1 aromatic heterocycles. The fourth-order valence-electron chi connectivity index (χ4n) is 4.00.